The number of benzene rings is 2. The molecule has 1 atom stereocenters. The zero-order valence-electron chi connectivity index (χ0n) is 11.9. The molecule has 110 valence electrons. The van der Waals surface area contributed by atoms with Crippen LogP contribution in [0.2, 0.25) is 0 Å². The first-order valence-corrected chi connectivity index (χ1v) is 7.03. The van der Waals surface area contributed by atoms with Crippen LogP contribution in [0.3, 0.4) is 0 Å². The van der Waals surface area contributed by atoms with Gasteiger partial charge in [0.15, 0.2) is 0 Å². The van der Waals surface area contributed by atoms with Gasteiger partial charge in [-0.15, -0.1) is 0 Å². The molecule has 0 aliphatic carbocycles. The maximum absolute atomic E-state index is 11.9. The molecule has 0 bridgehead atoms. The minimum Gasteiger partial charge on any atom is -0.494 e. The molecule has 0 radical (unpaired) electrons. The van der Waals surface area contributed by atoms with Crippen molar-refractivity contribution in [3.05, 3.63) is 66.2 Å². The Morgan fingerprint density at radius 3 is 2.33 bits per heavy atom. The molecule has 0 saturated carbocycles. The van der Waals surface area contributed by atoms with Crippen molar-refractivity contribution in [2.24, 2.45) is 5.73 Å². The van der Waals surface area contributed by atoms with Crippen molar-refractivity contribution in [3.63, 3.8) is 0 Å². The highest BCUT2D eigenvalue weighted by atomic mass is 16.5. The van der Waals surface area contributed by atoms with E-state index in [4.69, 9.17) is 10.5 Å². The summed E-state index contributed by atoms with van der Waals surface area (Å²) in [5.41, 5.74) is 6.72. The van der Waals surface area contributed by atoms with Crippen molar-refractivity contribution < 1.29 is 9.53 Å². The van der Waals surface area contributed by atoms with E-state index in [2.05, 4.69) is 5.32 Å². The number of ether oxygens (including phenoxy) is 1. The fraction of sp³-hybridized carbons (Fsp3) is 0.235. The molecule has 4 heteroatoms. The van der Waals surface area contributed by atoms with E-state index in [0.717, 1.165) is 17.7 Å². The minimum atomic E-state index is -0.624. The average Bonchev–Trinajstić information content (AvgIpc) is 2.55. The Kier molecular flexibility index (Phi) is 5.79. The van der Waals surface area contributed by atoms with Crippen LogP contribution in [0.25, 0.3) is 0 Å². The Morgan fingerprint density at radius 2 is 1.67 bits per heavy atom. The van der Waals surface area contributed by atoms with E-state index >= 15 is 0 Å². The zero-order chi connectivity index (χ0) is 14.9. The van der Waals surface area contributed by atoms with Crippen molar-refractivity contribution in [2.75, 3.05) is 13.2 Å². The van der Waals surface area contributed by atoms with Crippen LogP contribution < -0.4 is 15.8 Å². The molecule has 0 saturated heterocycles. The van der Waals surface area contributed by atoms with Gasteiger partial charge in [-0.05, 0) is 24.1 Å². The molecule has 1 amide bonds. The van der Waals surface area contributed by atoms with E-state index in [-0.39, 0.29) is 5.91 Å². The third kappa shape index (κ3) is 4.93. The van der Waals surface area contributed by atoms with Crippen molar-refractivity contribution in [1.82, 2.24) is 5.32 Å². The lowest BCUT2D eigenvalue weighted by Gasteiger charge is -2.12. The number of nitrogens with two attached hydrogens (primary N) is 1. The van der Waals surface area contributed by atoms with E-state index in [1.165, 1.54) is 0 Å². The van der Waals surface area contributed by atoms with Crippen LogP contribution in [-0.4, -0.2) is 19.1 Å². The van der Waals surface area contributed by atoms with Gasteiger partial charge in [0.2, 0.25) is 5.91 Å². The Labute approximate surface area is 124 Å². The normalized spacial score (nSPS) is 11.7. The Hall–Kier alpha value is -2.33. The summed E-state index contributed by atoms with van der Waals surface area (Å²) in [4.78, 5) is 11.9. The highest BCUT2D eigenvalue weighted by molar-refractivity contribution is 5.82. The van der Waals surface area contributed by atoms with Gasteiger partial charge >= 0.3 is 0 Å². The SMILES string of the molecule is N[C@@H](C(=O)NCCCOc1ccccc1)c1ccccc1. The number of nitrogens with one attached hydrogen (secondary N) is 1. The number of hydrogen-bond acceptors (Lipinski definition) is 3. The summed E-state index contributed by atoms with van der Waals surface area (Å²) in [5.74, 6) is 0.672. The summed E-state index contributed by atoms with van der Waals surface area (Å²) in [6.07, 6.45) is 0.738. The second kappa shape index (κ2) is 8.07. The Morgan fingerprint density at radius 1 is 1.05 bits per heavy atom. The third-order valence-corrected chi connectivity index (χ3v) is 3.07. The molecule has 0 aliphatic rings. The molecular formula is C17H20N2O2. The van der Waals surface area contributed by atoms with Crippen molar-refractivity contribution in [1.29, 1.82) is 0 Å². The first-order chi connectivity index (χ1) is 10.3. The molecule has 0 aromatic heterocycles. The largest absolute Gasteiger partial charge is 0.494 e. The van der Waals surface area contributed by atoms with E-state index in [1.54, 1.807) is 0 Å². The highest BCUT2D eigenvalue weighted by Gasteiger charge is 2.14. The summed E-state index contributed by atoms with van der Waals surface area (Å²) < 4.78 is 5.55. The van der Waals surface area contributed by atoms with Gasteiger partial charge in [0.1, 0.15) is 11.8 Å². The summed E-state index contributed by atoms with van der Waals surface area (Å²) in [7, 11) is 0. The molecule has 0 fully saturated rings. The van der Waals surface area contributed by atoms with Crippen LogP contribution in [-0.2, 0) is 4.79 Å². The summed E-state index contributed by atoms with van der Waals surface area (Å²) >= 11 is 0. The Balaban J connectivity index is 1.65. The van der Waals surface area contributed by atoms with Crippen LogP contribution in [0.1, 0.15) is 18.0 Å². The van der Waals surface area contributed by atoms with Gasteiger partial charge in [-0.25, -0.2) is 0 Å². The van der Waals surface area contributed by atoms with Crippen LogP contribution in [0, 0.1) is 0 Å². The van der Waals surface area contributed by atoms with E-state index in [9.17, 15) is 4.79 Å². The fourth-order valence-electron chi connectivity index (χ4n) is 1.91. The topological polar surface area (TPSA) is 64.4 Å². The van der Waals surface area contributed by atoms with E-state index < -0.39 is 6.04 Å². The standard InChI is InChI=1S/C17H20N2O2/c18-16(14-8-3-1-4-9-14)17(20)19-12-7-13-21-15-10-5-2-6-11-15/h1-6,8-11,16H,7,12-13,18H2,(H,19,20)/t16-/m1/s1. The van der Waals surface area contributed by atoms with Crippen LogP contribution >= 0.6 is 0 Å². The van der Waals surface area contributed by atoms with E-state index in [0.29, 0.717) is 13.2 Å². The van der Waals surface area contributed by atoms with Crippen molar-refractivity contribution in [3.8, 4) is 5.75 Å². The predicted molar refractivity (Wildman–Crippen MR) is 82.9 cm³/mol. The maximum atomic E-state index is 11.9. The smallest absolute Gasteiger partial charge is 0.241 e. The number of amides is 1. The second-order valence-corrected chi connectivity index (χ2v) is 4.69. The van der Waals surface area contributed by atoms with Gasteiger partial charge in [0.05, 0.1) is 6.61 Å². The molecule has 0 heterocycles. The Bertz CT molecular complexity index is 543. The average molecular weight is 284 g/mol. The quantitative estimate of drug-likeness (QED) is 0.767. The lowest BCUT2D eigenvalue weighted by atomic mass is 10.1. The number of para-hydroxylation sites is 1. The third-order valence-electron chi connectivity index (χ3n) is 3.07. The monoisotopic (exact) mass is 284 g/mol. The van der Waals surface area contributed by atoms with Gasteiger partial charge in [0, 0.05) is 6.54 Å². The first-order valence-electron chi connectivity index (χ1n) is 7.03. The molecule has 2 aromatic rings. The molecule has 0 spiro atoms. The lowest BCUT2D eigenvalue weighted by molar-refractivity contribution is -0.122. The second-order valence-electron chi connectivity index (χ2n) is 4.69. The number of hydrogen-bond donors (Lipinski definition) is 2. The van der Waals surface area contributed by atoms with Gasteiger partial charge in [-0.1, -0.05) is 48.5 Å². The number of carbonyl (C=O) groups is 1. The molecule has 4 nitrogen and oxygen atoms in total. The van der Waals surface area contributed by atoms with Gasteiger partial charge in [0.25, 0.3) is 0 Å². The summed E-state index contributed by atoms with van der Waals surface area (Å²) in [6, 6.07) is 18.3. The maximum Gasteiger partial charge on any atom is 0.241 e. The summed E-state index contributed by atoms with van der Waals surface area (Å²) in [6.45, 7) is 1.11. The fourth-order valence-corrected chi connectivity index (χ4v) is 1.91. The summed E-state index contributed by atoms with van der Waals surface area (Å²) in [5, 5.41) is 2.82. The van der Waals surface area contributed by atoms with Crippen molar-refractivity contribution in [2.45, 2.75) is 12.5 Å². The first kappa shape index (κ1) is 15.1. The van der Waals surface area contributed by atoms with Crippen LogP contribution in [0.15, 0.2) is 60.7 Å². The minimum absolute atomic E-state index is 0.166. The lowest BCUT2D eigenvalue weighted by Crippen LogP contribution is -2.35. The molecule has 3 N–H and O–H groups in total. The van der Waals surface area contributed by atoms with Crippen LogP contribution in [0.5, 0.6) is 5.75 Å². The molecule has 0 unspecified atom stereocenters. The molecule has 21 heavy (non-hydrogen) atoms. The van der Waals surface area contributed by atoms with Gasteiger partial charge in [-0.3, -0.25) is 4.79 Å². The molecule has 0 aliphatic heterocycles. The molecule has 2 rings (SSSR count). The van der Waals surface area contributed by atoms with Gasteiger partial charge in [-0.2, -0.15) is 0 Å². The zero-order valence-corrected chi connectivity index (χ0v) is 11.9. The van der Waals surface area contributed by atoms with Crippen molar-refractivity contribution >= 4 is 5.91 Å². The molecule has 2 aromatic carbocycles. The highest BCUT2D eigenvalue weighted by Crippen LogP contribution is 2.10. The number of rotatable bonds is 7. The van der Waals surface area contributed by atoms with Gasteiger partial charge < -0.3 is 15.8 Å². The molecular weight excluding hydrogens is 264 g/mol. The van der Waals surface area contributed by atoms with E-state index in [1.807, 2.05) is 60.7 Å². The predicted octanol–water partition coefficient (Wildman–Crippen LogP) is 2.27. The number of carbonyl (C=O) groups excluding carboxylic acids is 1. The van der Waals surface area contributed by atoms with Crippen LogP contribution in [0.4, 0.5) is 0 Å².